The summed E-state index contributed by atoms with van der Waals surface area (Å²) in [4.78, 5) is 27.2. The number of hydrogen-bond acceptors (Lipinski definition) is 3. The quantitative estimate of drug-likeness (QED) is 0.732. The van der Waals surface area contributed by atoms with E-state index in [9.17, 15) is 9.59 Å². The van der Waals surface area contributed by atoms with E-state index in [4.69, 9.17) is 5.11 Å². The monoisotopic (exact) mass is 240 g/mol. The van der Waals surface area contributed by atoms with Crippen LogP contribution in [0.15, 0.2) is 18.7 Å². The standard InChI is InChI=1S/C10H16N4O3/c1-2-14(7-9(15)16)10(17)12-4-6-13-5-3-11-8-13/h3,5,8H,2,4,6-7H2,1H3,(H,12,17)(H,15,16). The molecule has 1 aromatic rings. The first kappa shape index (κ1) is 13.0. The second-order valence-electron chi connectivity index (χ2n) is 3.44. The molecule has 0 aliphatic heterocycles. The predicted molar refractivity (Wildman–Crippen MR) is 60.5 cm³/mol. The maximum atomic E-state index is 11.6. The van der Waals surface area contributed by atoms with Crippen molar-refractivity contribution in [1.82, 2.24) is 19.8 Å². The molecule has 0 aliphatic rings. The van der Waals surface area contributed by atoms with Crippen LogP contribution in [0.4, 0.5) is 4.79 Å². The molecule has 0 fully saturated rings. The molecular formula is C10H16N4O3. The number of likely N-dealkylation sites (N-methyl/N-ethyl adjacent to an activating group) is 1. The maximum absolute atomic E-state index is 11.6. The molecule has 1 rings (SSSR count). The van der Waals surface area contributed by atoms with Crippen LogP contribution in [0.25, 0.3) is 0 Å². The van der Waals surface area contributed by atoms with E-state index in [-0.39, 0.29) is 12.6 Å². The average Bonchev–Trinajstić information content (AvgIpc) is 2.78. The molecule has 2 N–H and O–H groups in total. The molecule has 0 radical (unpaired) electrons. The van der Waals surface area contributed by atoms with Crippen molar-refractivity contribution in [2.24, 2.45) is 0 Å². The molecule has 0 atom stereocenters. The summed E-state index contributed by atoms with van der Waals surface area (Å²) in [7, 11) is 0. The zero-order valence-electron chi connectivity index (χ0n) is 9.67. The molecule has 2 amide bonds. The topological polar surface area (TPSA) is 87.5 Å². The number of imidazole rings is 1. The van der Waals surface area contributed by atoms with Gasteiger partial charge in [-0.3, -0.25) is 4.79 Å². The summed E-state index contributed by atoms with van der Waals surface area (Å²) < 4.78 is 1.83. The van der Waals surface area contributed by atoms with Gasteiger partial charge in [-0.1, -0.05) is 0 Å². The van der Waals surface area contributed by atoms with Gasteiger partial charge in [0, 0.05) is 32.0 Å². The Morgan fingerprint density at radius 2 is 2.29 bits per heavy atom. The highest BCUT2D eigenvalue weighted by Crippen LogP contribution is 1.90. The van der Waals surface area contributed by atoms with Crippen molar-refractivity contribution < 1.29 is 14.7 Å². The molecule has 7 heteroatoms. The molecule has 94 valence electrons. The van der Waals surface area contributed by atoms with Crippen molar-refractivity contribution in [3.05, 3.63) is 18.7 Å². The summed E-state index contributed by atoms with van der Waals surface area (Å²) in [5, 5.41) is 11.3. The van der Waals surface area contributed by atoms with Crippen LogP contribution in [-0.2, 0) is 11.3 Å². The Labute approximate surface area is 99.1 Å². The number of carbonyl (C=O) groups excluding carboxylic acids is 1. The predicted octanol–water partition coefficient (Wildman–Crippen LogP) is -0.000800. The molecular weight excluding hydrogens is 224 g/mol. The number of carboxylic acids is 1. The Balaban J connectivity index is 2.29. The zero-order chi connectivity index (χ0) is 12.7. The van der Waals surface area contributed by atoms with Gasteiger partial charge < -0.3 is 19.9 Å². The number of aromatic nitrogens is 2. The second kappa shape index (κ2) is 6.51. The Bertz CT molecular complexity index is 364. The Hall–Kier alpha value is -2.05. The van der Waals surface area contributed by atoms with E-state index in [1.165, 1.54) is 4.90 Å². The van der Waals surface area contributed by atoms with E-state index < -0.39 is 5.97 Å². The first-order chi connectivity index (χ1) is 8.13. The largest absolute Gasteiger partial charge is 0.480 e. The number of hydrogen-bond donors (Lipinski definition) is 2. The molecule has 0 unspecified atom stereocenters. The lowest BCUT2D eigenvalue weighted by Gasteiger charge is -2.19. The molecule has 0 spiro atoms. The van der Waals surface area contributed by atoms with Gasteiger partial charge in [0.1, 0.15) is 6.54 Å². The minimum atomic E-state index is -1.02. The van der Waals surface area contributed by atoms with Crippen LogP contribution in [0.3, 0.4) is 0 Å². The Morgan fingerprint density at radius 1 is 1.53 bits per heavy atom. The number of nitrogens with zero attached hydrogens (tertiary/aromatic N) is 3. The fourth-order valence-corrected chi connectivity index (χ4v) is 1.31. The average molecular weight is 240 g/mol. The van der Waals surface area contributed by atoms with E-state index >= 15 is 0 Å². The number of rotatable bonds is 6. The van der Waals surface area contributed by atoms with Crippen molar-refractivity contribution in [3.63, 3.8) is 0 Å². The zero-order valence-corrected chi connectivity index (χ0v) is 9.67. The third kappa shape index (κ3) is 4.54. The Morgan fingerprint density at radius 3 is 2.82 bits per heavy atom. The van der Waals surface area contributed by atoms with E-state index in [1.54, 1.807) is 25.6 Å². The first-order valence-corrected chi connectivity index (χ1v) is 5.33. The molecule has 17 heavy (non-hydrogen) atoms. The van der Waals surface area contributed by atoms with E-state index in [0.29, 0.717) is 19.6 Å². The number of amides is 2. The van der Waals surface area contributed by atoms with E-state index in [2.05, 4.69) is 10.3 Å². The summed E-state index contributed by atoms with van der Waals surface area (Å²) in [6.07, 6.45) is 5.10. The molecule has 0 saturated carbocycles. The summed E-state index contributed by atoms with van der Waals surface area (Å²) in [5.74, 6) is -1.02. The van der Waals surface area contributed by atoms with Crippen molar-refractivity contribution >= 4 is 12.0 Å². The minimum absolute atomic E-state index is 0.284. The van der Waals surface area contributed by atoms with Gasteiger partial charge in [-0.15, -0.1) is 0 Å². The van der Waals surface area contributed by atoms with Gasteiger partial charge in [0.15, 0.2) is 0 Å². The molecule has 7 nitrogen and oxygen atoms in total. The number of urea groups is 1. The highest BCUT2D eigenvalue weighted by Gasteiger charge is 2.13. The highest BCUT2D eigenvalue weighted by atomic mass is 16.4. The van der Waals surface area contributed by atoms with Gasteiger partial charge >= 0.3 is 12.0 Å². The lowest BCUT2D eigenvalue weighted by molar-refractivity contribution is -0.137. The van der Waals surface area contributed by atoms with Crippen molar-refractivity contribution in [3.8, 4) is 0 Å². The number of carboxylic acid groups (broad SMARTS) is 1. The van der Waals surface area contributed by atoms with Crippen LogP contribution < -0.4 is 5.32 Å². The molecule has 0 saturated heterocycles. The van der Waals surface area contributed by atoms with Crippen LogP contribution in [0, 0.1) is 0 Å². The highest BCUT2D eigenvalue weighted by molar-refractivity contribution is 5.79. The van der Waals surface area contributed by atoms with Gasteiger partial charge in [-0.2, -0.15) is 0 Å². The third-order valence-corrected chi connectivity index (χ3v) is 2.20. The maximum Gasteiger partial charge on any atom is 0.323 e. The summed E-state index contributed by atoms with van der Waals surface area (Å²) >= 11 is 0. The van der Waals surface area contributed by atoms with Crippen LogP contribution in [0.1, 0.15) is 6.92 Å². The summed E-state index contributed by atoms with van der Waals surface area (Å²) in [5.41, 5.74) is 0. The third-order valence-electron chi connectivity index (χ3n) is 2.20. The van der Waals surface area contributed by atoms with Gasteiger partial charge in [0.05, 0.1) is 6.33 Å². The second-order valence-corrected chi connectivity index (χ2v) is 3.44. The van der Waals surface area contributed by atoms with E-state index in [1.807, 2.05) is 4.57 Å². The molecule has 0 aromatic carbocycles. The van der Waals surface area contributed by atoms with Crippen molar-refractivity contribution in [2.75, 3.05) is 19.6 Å². The fraction of sp³-hybridized carbons (Fsp3) is 0.500. The number of nitrogens with one attached hydrogen (secondary N) is 1. The van der Waals surface area contributed by atoms with Crippen LogP contribution >= 0.6 is 0 Å². The molecule has 0 bridgehead atoms. The van der Waals surface area contributed by atoms with Gasteiger partial charge in [-0.05, 0) is 6.92 Å². The normalized spacial score (nSPS) is 9.94. The first-order valence-electron chi connectivity index (χ1n) is 5.33. The van der Waals surface area contributed by atoms with Gasteiger partial charge in [-0.25, -0.2) is 9.78 Å². The van der Waals surface area contributed by atoms with E-state index in [0.717, 1.165) is 0 Å². The smallest absolute Gasteiger partial charge is 0.323 e. The summed E-state index contributed by atoms with van der Waals surface area (Å²) in [6.45, 7) is 2.86. The van der Waals surface area contributed by atoms with Crippen molar-refractivity contribution in [2.45, 2.75) is 13.5 Å². The van der Waals surface area contributed by atoms with Crippen LogP contribution in [0.2, 0.25) is 0 Å². The van der Waals surface area contributed by atoms with Crippen LogP contribution in [-0.4, -0.2) is 51.2 Å². The molecule has 1 aromatic heterocycles. The van der Waals surface area contributed by atoms with Gasteiger partial charge in [0.2, 0.25) is 0 Å². The molecule has 1 heterocycles. The molecule has 0 aliphatic carbocycles. The lowest BCUT2D eigenvalue weighted by Crippen LogP contribution is -2.43. The van der Waals surface area contributed by atoms with Crippen molar-refractivity contribution in [1.29, 1.82) is 0 Å². The fourth-order valence-electron chi connectivity index (χ4n) is 1.31. The summed E-state index contributed by atoms with van der Waals surface area (Å²) in [6, 6.07) is -0.366. The SMILES string of the molecule is CCN(CC(=O)O)C(=O)NCCn1ccnc1. The van der Waals surface area contributed by atoms with Gasteiger partial charge in [0.25, 0.3) is 0 Å². The number of carbonyl (C=O) groups is 2. The van der Waals surface area contributed by atoms with Crippen LogP contribution in [0.5, 0.6) is 0 Å². The lowest BCUT2D eigenvalue weighted by atomic mass is 10.5. The Kier molecular flexibility index (Phi) is 4.99. The number of aliphatic carboxylic acids is 1. The minimum Gasteiger partial charge on any atom is -0.480 e.